The lowest BCUT2D eigenvalue weighted by Crippen LogP contribution is -2.28. The summed E-state index contributed by atoms with van der Waals surface area (Å²) in [5.74, 6) is 0.165. The first-order valence-electron chi connectivity index (χ1n) is 4.93. The minimum atomic E-state index is 0.165. The number of halogens is 2. The molecule has 1 aliphatic heterocycles. The Kier molecular flexibility index (Phi) is 3.66. The van der Waals surface area contributed by atoms with Crippen molar-refractivity contribution >= 4 is 44.4 Å². The highest BCUT2D eigenvalue weighted by atomic mass is 127. The third-order valence-electron chi connectivity index (χ3n) is 2.58. The van der Waals surface area contributed by atoms with E-state index in [1.54, 1.807) is 0 Å². The van der Waals surface area contributed by atoms with Gasteiger partial charge in [-0.3, -0.25) is 4.79 Å². The summed E-state index contributed by atoms with van der Waals surface area (Å²) in [6.07, 6.45) is 2.27. The Hall–Kier alpha value is -0.100. The van der Waals surface area contributed by atoms with Gasteiger partial charge < -0.3 is 4.90 Å². The number of nitrogens with zero attached hydrogens (tertiary/aromatic N) is 1. The fourth-order valence-corrected chi connectivity index (χ4v) is 2.72. The van der Waals surface area contributed by atoms with Gasteiger partial charge in [-0.25, -0.2) is 0 Å². The van der Waals surface area contributed by atoms with Gasteiger partial charge in [-0.1, -0.05) is 6.07 Å². The monoisotopic (exact) mass is 379 g/mol. The summed E-state index contributed by atoms with van der Waals surface area (Å²) in [7, 11) is 0. The maximum absolute atomic E-state index is 12.1. The predicted molar refractivity (Wildman–Crippen MR) is 72.0 cm³/mol. The molecule has 1 heterocycles. The first-order valence-corrected chi connectivity index (χ1v) is 6.80. The largest absolute Gasteiger partial charge is 0.339 e. The summed E-state index contributed by atoms with van der Waals surface area (Å²) in [5.41, 5.74) is 0.812. The van der Waals surface area contributed by atoms with Crippen molar-refractivity contribution in [1.29, 1.82) is 0 Å². The van der Waals surface area contributed by atoms with Gasteiger partial charge in [0.05, 0.1) is 5.56 Å². The molecule has 80 valence electrons. The molecule has 0 bridgehead atoms. The molecule has 1 aromatic rings. The van der Waals surface area contributed by atoms with Crippen LogP contribution in [0.1, 0.15) is 23.2 Å². The van der Waals surface area contributed by atoms with E-state index in [0.29, 0.717) is 0 Å². The van der Waals surface area contributed by atoms with Crippen LogP contribution >= 0.6 is 38.5 Å². The molecule has 0 aliphatic carbocycles. The van der Waals surface area contributed by atoms with Gasteiger partial charge in [-0.05, 0) is 63.5 Å². The van der Waals surface area contributed by atoms with E-state index in [1.165, 1.54) is 0 Å². The number of hydrogen-bond donors (Lipinski definition) is 0. The highest BCUT2D eigenvalue weighted by Crippen LogP contribution is 2.24. The van der Waals surface area contributed by atoms with E-state index in [1.807, 2.05) is 23.1 Å². The number of likely N-dealkylation sites (tertiary alicyclic amines) is 1. The van der Waals surface area contributed by atoms with Crippen LogP contribution in [0.15, 0.2) is 22.7 Å². The second-order valence-electron chi connectivity index (χ2n) is 3.60. The summed E-state index contributed by atoms with van der Waals surface area (Å²) >= 11 is 5.66. The quantitative estimate of drug-likeness (QED) is 0.685. The van der Waals surface area contributed by atoms with Crippen molar-refractivity contribution in [2.24, 2.45) is 0 Å². The van der Waals surface area contributed by atoms with Crippen LogP contribution in [0.4, 0.5) is 0 Å². The zero-order valence-corrected chi connectivity index (χ0v) is 11.9. The van der Waals surface area contributed by atoms with Crippen LogP contribution in [-0.2, 0) is 0 Å². The minimum Gasteiger partial charge on any atom is -0.339 e. The molecule has 4 heteroatoms. The third kappa shape index (κ3) is 2.36. The van der Waals surface area contributed by atoms with Gasteiger partial charge in [0.2, 0.25) is 0 Å². The summed E-state index contributed by atoms with van der Waals surface area (Å²) in [4.78, 5) is 14.1. The average Bonchev–Trinajstić information content (AvgIpc) is 2.74. The molecule has 0 N–H and O–H groups in total. The molecule has 0 radical (unpaired) electrons. The van der Waals surface area contributed by atoms with Crippen LogP contribution in [0.25, 0.3) is 0 Å². The molecular weight excluding hydrogens is 369 g/mol. The van der Waals surface area contributed by atoms with E-state index in [-0.39, 0.29) is 5.91 Å². The maximum Gasteiger partial charge on any atom is 0.254 e. The topological polar surface area (TPSA) is 20.3 Å². The number of carbonyl (C=O) groups is 1. The van der Waals surface area contributed by atoms with Crippen LogP contribution in [-0.4, -0.2) is 23.9 Å². The average molecular weight is 380 g/mol. The summed E-state index contributed by atoms with van der Waals surface area (Å²) in [6, 6.07) is 5.77. The Balaban J connectivity index is 2.28. The zero-order valence-electron chi connectivity index (χ0n) is 8.17. The summed E-state index contributed by atoms with van der Waals surface area (Å²) in [5, 5.41) is 0. The molecule has 0 spiro atoms. The van der Waals surface area contributed by atoms with Crippen LogP contribution in [0, 0.1) is 3.57 Å². The van der Waals surface area contributed by atoms with E-state index in [9.17, 15) is 4.79 Å². The van der Waals surface area contributed by atoms with Crippen LogP contribution in [0.2, 0.25) is 0 Å². The van der Waals surface area contributed by atoms with Gasteiger partial charge >= 0.3 is 0 Å². The zero-order chi connectivity index (χ0) is 10.8. The molecule has 0 atom stereocenters. The molecule has 2 rings (SSSR count). The van der Waals surface area contributed by atoms with Gasteiger partial charge in [0.1, 0.15) is 0 Å². The molecule has 0 unspecified atom stereocenters. The normalized spacial score (nSPS) is 15.7. The van der Waals surface area contributed by atoms with Crippen LogP contribution in [0.3, 0.4) is 0 Å². The van der Waals surface area contributed by atoms with Crippen molar-refractivity contribution in [2.45, 2.75) is 12.8 Å². The van der Waals surface area contributed by atoms with E-state index >= 15 is 0 Å². The summed E-state index contributed by atoms with van der Waals surface area (Å²) < 4.78 is 2.00. The Morgan fingerprint density at radius 3 is 2.67 bits per heavy atom. The van der Waals surface area contributed by atoms with E-state index in [4.69, 9.17) is 0 Å². The van der Waals surface area contributed by atoms with Crippen molar-refractivity contribution in [1.82, 2.24) is 4.90 Å². The Labute approximate surface area is 111 Å². The van der Waals surface area contributed by atoms with Gasteiger partial charge in [-0.2, -0.15) is 0 Å². The molecule has 1 saturated heterocycles. The third-order valence-corrected chi connectivity index (χ3v) is 5.14. The summed E-state index contributed by atoms with van der Waals surface area (Å²) in [6.45, 7) is 1.81. The maximum atomic E-state index is 12.1. The SMILES string of the molecule is O=C(c1cccc(Br)c1I)N1CCCC1. The first kappa shape index (κ1) is 11.4. The molecule has 0 aromatic heterocycles. The van der Waals surface area contributed by atoms with Gasteiger partial charge in [0.25, 0.3) is 5.91 Å². The van der Waals surface area contributed by atoms with Crippen molar-refractivity contribution in [3.63, 3.8) is 0 Å². The lowest BCUT2D eigenvalue weighted by atomic mass is 10.2. The molecule has 15 heavy (non-hydrogen) atoms. The Morgan fingerprint density at radius 1 is 1.33 bits per heavy atom. The second-order valence-corrected chi connectivity index (χ2v) is 5.53. The lowest BCUT2D eigenvalue weighted by molar-refractivity contribution is 0.0791. The van der Waals surface area contributed by atoms with Crippen LogP contribution in [0.5, 0.6) is 0 Å². The van der Waals surface area contributed by atoms with Crippen molar-refractivity contribution in [3.8, 4) is 0 Å². The number of benzene rings is 1. The fraction of sp³-hybridized carbons (Fsp3) is 0.364. The van der Waals surface area contributed by atoms with E-state index in [2.05, 4.69) is 38.5 Å². The molecule has 1 aliphatic rings. The first-order chi connectivity index (χ1) is 7.20. The molecule has 1 amide bonds. The molecule has 2 nitrogen and oxygen atoms in total. The number of amides is 1. The Morgan fingerprint density at radius 2 is 2.00 bits per heavy atom. The molecule has 0 saturated carbocycles. The molecule has 1 aromatic carbocycles. The molecular formula is C11H11BrINO. The minimum absolute atomic E-state index is 0.165. The predicted octanol–water partition coefficient (Wildman–Crippen LogP) is 3.29. The number of hydrogen-bond acceptors (Lipinski definition) is 1. The van der Waals surface area contributed by atoms with E-state index in [0.717, 1.165) is 39.5 Å². The number of carbonyl (C=O) groups excluding carboxylic acids is 1. The Bertz CT molecular complexity index is 388. The van der Waals surface area contributed by atoms with Crippen molar-refractivity contribution < 1.29 is 4.79 Å². The highest BCUT2D eigenvalue weighted by Gasteiger charge is 2.21. The number of rotatable bonds is 1. The van der Waals surface area contributed by atoms with Gasteiger partial charge in [0.15, 0.2) is 0 Å². The standard InChI is InChI=1S/C11H11BrINO/c12-9-5-3-4-8(10(9)13)11(15)14-6-1-2-7-14/h3-5H,1-2,6-7H2. The highest BCUT2D eigenvalue weighted by molar-refractivity contribution is 14.1. The molecule has 1 fully saturated rings. The second kappa shape index (κ2) is 4.82. The smallest absolute Gasteiger partial charge is 0.254 e. The van der Waals surface area contributed by atoms with Gasteiger partial charge in [0, 0.05) is 21.1 Å². The van der Waals surface area contributed by atoms with Crippen molar-refractivity contribution in [3.05, 3.63) is 31.8 Å². The fourth-order valence-electron chi connectivity index (χ4n) is 1.76. The van der Waals surface area contributed by atoms with Crippen molar-refractivity contribution in [2.75, 3.05) is 13.1 Å². The van der Waals surface area contributed by atoms with Crippen LogP contribution < -0.4 is 0 Å². The van der Waals surface area contributed by atoms with E-state index < -0.39 is 0 Å². The van der Waals surface area contributed by atoms with Gasteiger partial charge in [-0.15, -0.1) is 0 Å². The lowest BCUT2D eigenvalue weighted by Gasteiger charge is -2.16.